The highest BCUT2D eigenvalue weighted by Gasteiger charge is 2.61. The van der Waals surface area contributed by atoms with Crippen LogP contribution in [0.4, 0.5) is 0 Å². The molecule has 0 heterocycles. The normalized spacial score (nSPS) is 31.5. The number of hydrogen-bond acceptors (Lipinski definition) is 6. The first-order chi connectivity index (χ1) is 13.9. The number of fused-ring (bicyclic) bond motifs is 1. The summed E-state index contributed by atoms with van der Waals surface area (Å²) in [5.41, 5.74) is 7.29. The summed E-state index contributed by atoms with van der Waals surface area (Å²) in [5, 5.41) is 33.3. The monoisotopic (exact) mass is 418 g/mol. The van der Waals surface area contributed by atoms with Crippen LogP contribution in [0.3, 0.4) is 0 Å². The van der Waals surface area contributed by atoms with Gasteiger partial charge in [-0.25, -0.2) is 0 Å². The molecule has 164 valence electrons. The van der Waals surface area contributed by atoms with E-state index in [1.807, 2.05) is 19.9 Å². The number of aliphatic hydroxyl groups is 3. The molecule has 0 aromatic rings. The number of ketones is 1. The zero-order chi connectivity index (χ0) is 22.9. The molecule has 30 heavy (non-hydrogen) atoms. The molecule has 0 aromatic carbocycles. The third-order valence-corrected chi connectivity index (χ3v) is 5.99. The van der Waals surface area contributed by atoms with E-state index < -0.39 is 40.7 Å². The Balaban J connectivity index is 2.67. The van der Waals surface area contributed by atoms with Crippen LogP contribution < -0.4 is 0 Å². The topological polar surface area (TPSA) is 140 Å². The molecule has 0 unspecified atom stereocenters. The summed E-state index contributed by atoms with van der Waals surface area (Å²) in [4.78, 5) is 27.2. The van der Waals surface area contributed by atoms with E-state index >= 15 is 0 Å². The van der Waals surface area contributed by atoms with Crippen LogP contribution in [0.25, 0.3) is 5.53 Å². The van der Waals surface area contributed by atoms with E-state index in [4.69, 9.17) is 4.74 Å². The van der Waals surface area contributed by atoms with Crippen molar-refractivity contribution in [3.05, 3.63) is 40.5 Å². The minimum Gasteiger partial charge on any atom is -0.392 e. The second-order valence-electron chi connectivity index (χ2n) is 8.59. The third-order valence-electron chi connectivity index (χ3n) is 5.99. The lowest BCUT2D eigenvalue weighted by Crippen LogP contribution is -2.57. The smallest absolute Gasteiger partial charge is 0.392 e. The highest BCUT2D eigenvalue weighted by molar-refractivity contribution is 6.04. The zero-order valence-electron chi connectivity index (χ0n) is 18.0. The van der Waals surface area contributed by atoms with Crippen LogP contribution in [0, 0.1) is 17.8 Å². The maximum absolute atomic E-state index is 12.9. The van der Waals surface area contributed by atoms with Crippen LogP contribution >= 0.6 is 0 Å². The fraction of sp³-hybridized carbons (Fsp3) is 0.591. The summed E-state index contributed by atoms with van der Waals surface area (Å²) in [6, 6.07) is 0. The largest absolute Gasteiger partial charge is 0.457 e. The highest BCUT2D eigenvalue weighted by atomic mass is 16.5. The SMILES string of the molecule is CC(=O)OC(C[C@@H](C)[C@@]1(O)[C@H](C=C(C)C)C=C(CO)C[C@]2(O)C(=O)C(C)=C[C@@H]12)=[N+]=[N-]. The fourth-order valence-corrected chi connectivity index (χ4v) is 4.63. The zero-order valence-corrected chi connectivity index (χ0v) is 18.0. The second kappa shape index (κ2) is 8.78. The lowest BCUT2D eigenvalue weighted by atomic mass is 9.64. The Kier molecular flexibility index (Phi) is 6.99. The van der Waals surface area contributed by atoms with Gasteiger partial charge in [0.1, 0.15) is 5.60 Å². The van der Waals surface area contributed by atoms with Gasteiger partial charge in [-0.15, -0.1) is 4.79 Å². The molecule has 0 amide bonds. The first-order valence-electron chi connectivity index (χ1n) is 9.92. The molecule has 2 aliphatic carbocycles. The molecule has 2 aliphatic rings. The number of ether oxygens (including phenoxy) is 1. The average Bonchev–Trinajstić information content (AvgIpc) is 2.83. The van der Waals surface area contributed by atoms with Crippen molar-refractivity contribution in [1.82, 2.24) is 0 Å². The van der Waals surface area contributed by atoms with Gasteiger partial charge >= 0.3 is 11.9 Å². The molecule has 0 saturated carbocycles. The minimum atomic E-state index is -1.91. The van der Waals surface area contributed by atoms with Crippen LogP contribution in [0.2, 0.25) is 0 Å². The number of rotatable bonds is 5. The molecule has 0 radical (unpaired) electrons. The van der Waals surface area contributed by atoms with E-state index in [1.165, 1.54) is 6.92 Å². The van der Waals surface area contributed by atoms with Gasteiger partial charge in [0, 0.05) is 31.1 Å². The standard InChI is InChI=1S/C22H30N2O6/c1-12(2)6-17-9-16(11-25)10-21(28)18(7-13(3)20(21)27)22(17,29)14(4)8-19(24-23)30-15(5)26/h6-7,9,14,17-18,25,28-29H,8,10-11H2,1-5H3/t14-,17-,18-,21-,22-/m1/s1. The molecule has 0 aromatic heterocycles. The van der Waals surface area contributed by atoms with Crippen LogP contribution in [0.1, 0.15) is 47.5 Å². The van der Waals surface area contributed by atoms with Crippen molar-refractivity contribution in [2.75, 3.05) is 6.61 Å². The van der Waals surface area contributed by atoms with Crippen LogP contribution in [-0.2, 0) is 14.3 Å². The summed E-state index contributed by atoms with van der Waals surface area (Å²) >= 11 is 0. The average molecular weight is 418 g/mol. The van der Waals surface area contributed by atoms with Gasteiger partial charge in [0.25, 0.3) is 0 Å². The Morgan fingerprint density at radius 3 is 2.50 bits per heavy atom. The van der Waals surface area contributed by atoms with Gasteiger partial charge in [-0.1, -0.05) is 30.7 Å². The van der Waals surface area contributed by atoms with Gasteiger partial charge in [-0.2, -0.15) is 0 Å². The number of nitrogens with zero attached hydrogens (tertiary/aromatic N) is 2. The Hall–Kier alpha value is -2.38. The second-order valence-corrected chi connectivity index (χ2v) is 8.59. The summed E-state index contributed by atoms with van der Waals surface area (Å²) in [5.74, 6) is -3.79. The number of carbonyl (C=O) groups excluding carboxylic acids is 2. The summed E-state index contributed by atoms with van der Waals surface area (Å²) < 4.78 is 4.91. The Morgan fingerprint density at radius 2 is 2.00 bits per heavy atom. The molecule has 8 nitrogen and oxygen atoms in total. The predicted molar refractivity (Wildman–Crippen MR) is 109 cm³/mol. The van der Waals surface area contributed by atoms with E-state index in [2.05, 4.69) is 4.79 Å². The van der Waals surface area contributed by atoms with Crippen LogP contribution in [-0.4, -0.2) is 55.6 Å². The molecule has 2 rings (SSSR count). The highest BCUT2D eigenvalue weighted by Crippen LogP contribution is 2.52. The summed E-state index contributed by atoms with van der Waals surface area (Å²) in [7, 11) is 0. The molecule has 0 spiro atoms. The molecule has 0 saturated heterocycles. The number of hydrogen-bond donors (Lipinski definition) is 3. The first-order valence-corrected chi connectivity index (χ1v) is 9.92. The minimum absolute atomic E-state index is 0.103. The number of esters is 1. The number of Topliss-reactive ketones (excluding diaryl/α,β-unsaturated/α-hetero) is 1. The fourth-order valence-electron chi connectivity index (χ4n) is 4.63. The molecule has 0 aliphatic heterocycles. The van der Waals surface area contributed by atoms with E-state index in [-0.39, 0.29) is 25.3 Å². The van der Waals surface area contributed by atoms with Crippen molar-refractivity contribution in [2.24, 2.45) is 17.8 Å². The first kappa shape index (κ1) is 23.9. The van der Waals surface area contributed by atoms with Crippen molar-refractivity contribution < 1.29 is 34.4 Å². The van der Waals surface area contributed by atoms with E-state index in [9.17, 15) is 30.4 Å². The summed E-state index contributed by atoms with van der Waals surface area (Å²) in [6.45, 7) is 7.76. The molecule has 0 fully saturated rings. The van der Waals surface area contributed by atoms with Crippen molar-refractivity contribution in [1.29, 1.82) is 0 Å². The van der Waals surface area contributed by atoms with Crippen LogP contribution in [0.15, 0.2) is 34.9 Å². The lowest BCUT2D eigenvalue weighted by molar-refractivity contribution is -0.158. The van der Waals surface area contributed by atoms with E-state index in [0.29, 0.717) is 11.1 Å². The van der Waals surface area contributed by atoms with E-state index in [0.717, 1.165) is 5.57 Å². The van der Waals surface area contributed by atoms with Crippen molar-refractivity contribution >= 4 is 17.7 Å². The van der Waals surface area contributed by atoms with Crippen molar-refractivity contribution in [3.63, 3.8) is 0 Å². The Labute approximate surface area is 176 Å². The van der Waals surface area contributed by atoms with E-state index in [1.54, 1.807) is 26.0 Å². The number of aliphatic hydroxyl groups excluding tert-OH is 1. The van der Waals surface area contributed by atoms with Gasteiger partial charge in [-0.3, -0.25) is 9.59 Å². The van der Waals surface area contributed by atoms with Crippen LogP contribution in [0.5, 0.6) is 0 Å². The van der Waals surface area contributed by atoms with Crippen molar-refractivity contribution in [3.8, 4) is 0 Å². The molecule has 5 atom stereocenters. The molecule has 8 heteroatoms. The summed E-state index contributed by atoms with van der Waals surface area (Å²) in [6.07, 6.45) is 4.84. The Bertz CT molecular complexity index is 878. The molecule has 3 N–H and O–H groups in total. The quantitative estimate of drug-likeness (QED) is 0.155. The molecular formula is C22H30N2O6. The maximum atomic E-state index is 12.9. The van der Waals surface area contributed by atoms with Gasteiger partial charge in [0.2, 0.25) is 0 Å². The maximum Gasteiger partial charge on any atom is 0.457 e. The molecular weight excluding hydrogens is 388 g/mol. The Morgan fingerprint density at radius 1 is 1.37 bits per heavy atom. The number of carbonyl (C=O) groups is 2. The predicted octanol–water partition coefficient (Wildman–Crippen LogP) is 1.72. The van der Waals surface area contributed by atoms with Gasteiger partial charge in [0.15, 0.2) is 5.78 Å². The molecule has 0 bridgehead atoms. The lowest BCUT2D eigenvalue weighted by Gasteiger charge is -2.45. The van der Waals surface area contributed by atoms with Gasteiger partial charge < -0.3 is 25.6 Å². The van der Waals surface area contributed by atoms with Gasteiger partial charge in [0.05, 0.1) is 18.6 Å². The van der Waals surface area contributed by atoms with Gasteiger partial charge in [-0.05, 0) is 31.9 Å². The van der Waals surface area contributed by atoms with Crippen molar-refractivity contribution in [2.45, 2.75) is 58.7 Å². The third kappa shape index (κ3) is 4.23. The number of allylic oxidation sites excluding steroid dienone is 1.